The van der Waals surface area contributed by atoms with Gasteiger partial charge in [-0.25, -0.2) is 0 Å². The molecule has 8 nitrogen and oxygen atoms in total. The van der Waals surface area contributed by atoms with Crippen LogP contribution in [0.25, 0.3) is 0 Å². The van der Waals surface area contributed by atoms with E-state index >= 15 is 0 Å². The highest BCUT2D eigenvalue weighted by atomic mass is 16.5. The van der Waals surface area contributed by atoms with Gasteiger partial charge in [-0.05, 0) is 44.6 Å². The van der Waals surface area contributed by atoms with E-state index in [1.807, 2.05) is 0 Å². The molecule has 1 saturated carbocycles. The highest BCUT2D eigenvalue weighted by Gasteiger charge is 2.35. The molecular formula is C23H32N4O4. The number of rotatable bonds is 8. The number of Topliss-reactive ketones (excluding diaryl/α,β-unsaturated/α-hetero) is 1. The van der Waals surface area contributed by atoms with Crippen molar-refractivity contribution in [2.24, 2.45) is 0 Å². The van der Waals surface area contributed by atoms with Crippen molar-refractivity contribution < 1.29 is 19.1 Å². The SMILES string of the molecule is CO[C@H]1CCCC(NC(=O)[C@@H]2CCCN2C(=O)CNc2ccccc2C(=N)C(C)=O)C1. The molecule has 2 aliphatic rings. The van der Waals surface area contributed by atoms with E-state index in [0.29, 0.717) is 24.2 Å². The molecule has 168 valence electrons. The fourth-order valence-electron chi connectivity index (χ4n) is 4.44. The van der Waals surface area contributed by atoms with Crippen LogP contribution >= 0.6 is 0 Å². The standard InChI is InChI=1S/C23H32N4O4/c1-15(28)22(24)18-9-3-4-10-19(18)25-14-21(29)27-12-6-11-20(27)23(30)26-16-7-5-8-17(13-16)31-2/h3-4,9-10,16-17,20,24-25H,5-8,11-14H2,1-2H3,(H,26,30)/t16?,17-,20-/m0/s1. The van der Waals surface area contributed by atoms with E-state index < -0.39 is 6.04 Å². The Labute approximate surface area is 183 Å². The van der Waals surface area contributed by atoms with Crippen LogP contribution in [-0.2, 0) is 19.1 Å². The second-order valence-electron chi connectivity index (χ2n) is 8.31. The van der Waals surface area contributed by atoms with Crippen LogP contribution in [0.2, 0.25) is 0 Å². The van der Waals surface area contributed by atoms with Gasteiger partial charge in [-0.2, -0.15) is 0 Å². The molecule has 0 radical (unpaired) electrons. The third kappa shape index (κ3) is 5.70. The Morgan fingerprint density at radius 2 is 1.94 bits per heavy atom. The molecule has 1 aliphatic heterocycles. The van der Waals surface area contributed by atoms with Gasteiger partial charge in [0.2, 0.25) is 11.8 Å². The summed E-state index contributed by atoms with van der Waals surface area (Å²) < 4.78 is 5.44. The number of hydrogen-bond acceptors (Lipinski definition) is 6. The summed E-state index contributed by atoms with van der Waals surface area (Å²) in [5, 5.41) is 14.1. The summed E-state index contributed by atoms with van der Waals surface area (Å²) in [7, 11) is 1.70. The number of para-hydroxylation sites is 1. The third-order valence-corrected chi connectivity index (χ3v) is 6.16. The first kappa shape index (κ1) is 22.9. The maximum absolute atomic E-state index is 12.9. The summed E-state index contributed by atoms with van der Waals surface area (Å²) in [6.45, 7) is 1.90. The van der Waals surface area contributed by atoms with Crippen molar-refractivity contribution in [3.05, 3.63) is 29.8 Å². The summed E-state index contributed by atoms with van der Waals surface area (Å²) in [5.74, 6) is -0.595. The lowest BCUT2D eigenvalue weighted by atomic mass is 9.92. The first-order valence-corrected chi connectivity index (χ1v) is 11.0. The van der Waals surface area contributed by atoms with Crippen LogP contribution in [0.15, 0.2) is 24.3 Å². The lowest BCUT2D eigenvalue weighted by Gasteiger charge is -2.31. The smallest absolute Gasteiger partial charge is 0.243 e. The molecule has 1 aliphatic carbocycles. The number of likely N-dealkylation sites (tertiary alicyclic amines) is 1. The molecule has 1 unspecified atom stereocenters. The van der Waals surface area contributed by atoms with Gasteiger partial charge in [0.25, 0.3) is 0 Å². The summed E-state index contributed by atoms with van der Waals surface area (Å²) in [5.41, 5.74) is 0.920. The zero-order valence-electron chi connectivity index (χ0n) is 18.3. The second-order valence-corrected chi connectivity index (χ2v) is 8.31. The van der Waals surface area contributed by atoms with Crippen LogP contribution in [0.3, 0.4) is 0 Å². The van der Waals surface area contributed by atoms with Gasteiger partial charge in [-0.3, -0.25) is 19.8 Å². The average molecular weight is 429 g/mol. The molecule has 1 saturated heterocycles. The van der Waals surface area contributed by atoms with Crippen molar-refractivity contribution in [2.75, 3.05) is 25.5 Å². The molecule has 2 fully saturated rings. The lowest BCUT2D eigenvalue weighted by Crippen LogP contribution is -2.51. The van der Waals surface area contributed by atoms with Crippen molar-refractivity contribution in [1.82, 2.24) is 10.2 Å². The molecule has 31 heavy (non-hydrogen) atoms. The molecule has 0 aromatic heterocycles. The van der Waals surface area contributed by atoms with Crippen molar-refractivity contribution in [3.8, 4) is 0 Å². The van der Waals surface area contributed by atoms with Crippen molar-refractivity contribution in [3.63, 3.8) is 0 Å². The van der Waals surface area contributed by atoms with Crippen LogP contribution in [0.1, 0.15) is 51.0 Å². The van der Waals surface area contributed by atoms with Gasteiger partial charge in [0.15, 0.2) is 5.78 Å². The fraction of sp³-hybridized carbons (Fsp3) is 0.565. The van der Waals surface area contributed by atoms with Gasteiger partial charge in [0, 0.05) is 37.9 Å². The van der Waals surface area contributed by atoms with Crippen LogP contribution in [-0.4, -0.2) is 66.6 Å². The number of benzene rings is 1. The number of hydrogen-bond donors (Lipinski definition) is 3. The van der Waals surface area contributed by atoms with E-state index in [1.165, 1.54) is 6.92 Å². The summed E-state index contributed by atoms with van der Waals surface area (Å²) in [6.07, 6.45) is 5.42. The Morgan fingerprint density at radius 1 is 1.16 bits per heavy atom. The third-order valence-electron chi connectivity index (χ3n) is 6.16. The molecule has 0 bridgehead atoms. The van der Waals surface area contributed by atoms with E-state index in [2.05, 4.69) is 10.6 Å². The minimum absolute atomic E-state index is 0.00115. The highest BCUT2D eigenvalue weighted by molar-refractivity contribution is 6.45. The van der Waals surface area contributed by atoms with Gasteiger partial charge in [-0.15, -0.1) is 0 Å². The molecule has 2 amide bonds. The maximum Gasteiger partial charge on any atom is 0.243 e. The lowest BCUT2D eigenvalue weighted by molar-refractivity contribution is -0.137. The van der Waals surface area contributed by atoms with Gasteiger partial charge >= 0.3 is 0 Å². The molecule has 0 spiro atoms. The second kappa shape index (κ2) is 10.5. The van der Waals surface area contributed by atoms with Crippen LogP contribution in [0, 0.1) is 5.41 Å². The number of anilines is 1. The quantitative estimate of drug-likeness (QED) is 0.549. The van der Waals surface area contributed by atoms with E-state index in [0.717, 1.165) is 32.1 Å². The van der Waals surface area contributed by atoms with Gasteiger partial charge in [0.05, 0.1) is 12.6 Å². The summed E-state index contributed by atoms with van der Waals surface area (Å²) >= 11 is 0. The number of ether oxygens (including phenoxy) is 1. The molecule has 1 heterocycles. The Balaban J connectivity index is 1.58. The van der Waals surface area contributed by atoms with E-state index in [9.17, 15) is 14.4 Å². The molecule has 3 atom stereocenters. The maximum atomic E-state index is 12.9. The normalized spacial score (nSPS) is 23.3. The molecule has 1 aromatic carbocycles. The number of amides is 2. The van der Waals surface area contributed by atoms with Crippen LogP contribution < -0.4 is 10.6 Å². The number of nitrogens with zero attached hydrogens (tertiary/aromatic N) is 1. The Hall–Kier alpha value is -2.74. The first-order chi connectivity index (χ1) is 14.9. The topological polar surface area (TPSA) is 112 Å². The van der Waals surface area contributed by atoms with Gasteiger partial charge in [0.1, 0.15) is 11.8 Å². The number of ketones is 1. The summed E-state index contributed by atoms with van der Waals surface area (Å²) in [6, 6.07) is 6.59. The Morgan fingerprint density at radius 3 is 2.68 bits per heavy atom. The summed E-state index contributed by atoms with van der Waals surface area (Å²) in [4.78, 5) is 39.0. The molecular weight excluding hydrogens is 396 g/mol. The monoisotopic (exact) mass is 428 g/mol. The van der Waals surface area contributed by atoms with Crippen LogP contribution in [0.4, 0.5) is 5.69 Å². The molecule has 3 rings (SSSR count). The Kier molecular flexibility index (Phi) is 7.79. The average Bonchev–Trinajstić information content (AvgIpc) is 3.27. The van der Waals surface area contributed by atoms with Crippen molar-refractivity contribution >= 4 is 29.0 Å². The van der Waals surface area contributed by atoms with E-state index in [4.69, 9.17) is 10.1 Å². The number of methoxy groups -OCH3 is 1. The highest BCUT2D eigenvalue weighted by Crippen LogP contribution is 2.23. The minimum Gasteiger partial charge on any atom is -0.381 e. The predicted molar refractivity (Wildman–Crippen MR) is 118 cm³/mol. The van der Waals surface area contributed by atoms with E-state index in [1.54, 1.807) is 36.3 Å². The van der Waals surface area contributed by atoms with Crippen molar-refractivity contribution in [2.45, 2.75) is 63.6 Å². The van der Waals surface area contributed by atoms with Crippen LogP contribution in [0.5, 0.6) is 0 Å². The van der Waals surface area contributed by atoms with Gasteiger partial charge in [-0.1, -0.05) is 18.2 Å². The molecule has 8 heteroatoms. The van der Waals surface area contributed by atoms with Crippen molar-refractivity contribution in [1.29, 1.82) is 5.41 Å². The Bertz CT molecular complexity index is 841. The van der Waals surface area contributed by atoms with Gasteiger partial charge < -0.3 is 20.3 Å². The fourth-order valence-corrected chi connectivity index (χ4v) is 4.44. The largest absolute Gasteiger partial charge is 0.381 e. The number of carbonyl (C=O) groups is 3. The minimum atomic E-state index is -0.456. The molecule has 3 N–H and O–H groups in total. The number of nitrogens with one attached hydrogen (secondary N) is 3. The zero-order valence-corrected chi connectivity index (χ0v) is 18.3. The number of carbonyl (C=O) groups excluding carboxylic acids is 3. The first-order valence-electron chi connectivity index (χ1n) is 11.0. The van der Waals surface area contributed by atoms with E-state index in [-0.39, 0.29) is 42.0 Å². The zero-order chi connectivity index (χ0) is 22.4. The molecule has 1 aromatic rings. The predicted octanol–water partition coefficient (Wildman–Crippen LogP) is 2.12.